The molecule has 0 aliphatic carbocycles. The Hall–Kier alpha value is -3.10. The second kappa shape index (κ2) is 7.87. The molecule has 0 saturated carbocycles. The Balaban J connectivity index is 1.49. The number of aryl methyl sites for hydroxylation is 1. The molecule has 148 valence electrons. The third kappa shape index (κ3) is 4.59. The van der Waals surface area contributed by atoms with E-state index in [1.807, 2.05) is 11.6 Å². The van der Waals surface area contributed by atoms with Crippen molar-refractivity contribution in [2.24, 2.45) is 7.05 Å². The fraction of sp³-hybridized carbons (Fsp3) is 0.316. The molecular weight excluding hydrogens is 373 g/mol. The van der Waals surface area contributed by atoms with E-state index in [4.69, 9.17) is 0 Å². The molecule has 2 aromatic rings. The van der Waals surface area contributed by atoms with Gasteiger partial charge in [0.2, 0.25) is 11.8 Å². The van der Waals surface area contributed by atoms with E-state index >= 15 is 0 Å². The summed E-state index contributed by atoms with van der Waals surface area (Å²) in [5, 5.41) is 2.50. The van der Waals surface area contributed by atoms with Crippen molar-refractivity contribution in [1.82, 2.24) is 19.8 Å². The zero-order chi connectivity index (χ0) is 20.3. The lowest BCUT2D eigenvalue weighted by atomic mass is 10.1. The van der Waals surface area contributed by atoms with Gasteiger partial charge in [-0.15, -0.1) is 0 Å². The van der Waals surface area contributed by atoms with Gasteiger partial charge in [0, 0.05) is 26.1 Å². The third-order valence-corrected chi connectivity index (χ3v) is 4.54. The Labute approximate surface area is 159 Å². The van der Waals surface area contributed by atoms with Crippen molar-refractivity contribution in [1.29, 1.82) is 0 Å². The predicted octanol–water partition coefficient (Wildman–Crippen LogP) is 2.15. The van der Waals surface area contributed by atoms with Crippen LogP contribution in [0.4, 0.5) is 13.2 Å². The van der Waals surface area contributed by atoms with Crippen LogP contribution in [0.15, 0.2) is 36.7 Å². The van der Waals surface area contributed by atoms with E-state index in [0.717, 1.165) is 23.5 Å². The number of imidazole rings is 1. The number of carbonyl (C=O) groups is 2. The van der Waals surface area contributed by atoms with Gasteiger partial charge >= 0.3 is 6.18 Å². The van der Waals surface area contributed by atoms with Gasteiger partial charge in [0.15, 0.2) is 0 Å². The van der Waals surface area contributed by atoms with Crippen LogP contribution in [0.25, 0.3) is 6.08 Å². The van der Waals surface area contributed by atoms with Crippen molar-refractivity contribution in [3.05, 3.63) is 59.2 Å². The van der Waals surface area contributed by atoms with Crippen LogP contribution in [0.2, 0.25) is 0 Å². The van der Waals surface area contributed by atoms with Crippen molar-refractivity contribution in [3.8, 4) is 0 Å². The fourth-order valence-electron chi connectivity index (χ4n) is 2.92. The number of benzene rings is 1. The van der Waals surface area contributed by atoms with Crippen molar-refractivity contribution < 1.29 is 22.8 Å². The zero-order valence-electron chi connectivity index (χ0n) is 15.2. The fourth-order valence-corrected chi connectivity index (χ4v) is 2.92. The Morgan fingerprint density at radius 3 is 2.64 bits per heavy atom. The first-order valence-electron chi connectivity index (χ1n) is 8.64. The Morgan fingerprint density at radius 2 is 1.96 bits per heavy atom. The molecule has 2 heterocycles. The van der Waals surface area contributed by atoms with E-state index in [-0.39, 0.29) is 12.5 Å². The number of fused-ring (bicyclic) bond motifs is 1. The molecule has 0 bridgehead atoms. The second-order valence-corrected chi connectivity index (χ2v) is 6.49. The quantitative estimate of drug-likeness (QED) is 0.811. The zero-order valence-corrected chi connectivity index (χ0v) is 15.2. The molecule has 3 rings (SSSR count). The molecule has 0 spiro atoms. The van der Waals surface area contributed by atoms with Crippen molar-refractivity contribution >= 4 is 17.9 Å². The summed E-state index contributed by atoms with van der Waals surface area (Å²) in [4.78, 5) is 30.1. The average Bonchev–Trinajstić information content (AvgIpc) is 3.04. The van der Waals surface area contributed by atoms with E-state index in [1.165, 1.54) is 24.3 Å². The number of hydrogen-bond acceptors (Lipinski definition) is 3. The maximum absolute atomic E-state index is 12.5. The number of carbonyl (C=O) groups excluding carboxylic acids is 2. The van der Waals surface area contributed by atoms with Crippen molar-refractivity contribution in [2.45, 2.75) is 19.1 Å². The number of nitrogens with one attached hydrogen (secondary N) is 1. The van der Waals surface area contributed by atoms with Crippen molar-refractivity contribution in [3.63, 3.8) is 0 Å². The van der Waals surface area contributed by atoms with E-state index in [9.17, 15) is 22.8 Å². The number of nitrogens with zero attached hydrogens (tertiary/aromatic N) is 3. The largest absolute Gasteiger partial charge is 0.416 e. The molecule has 1 aromatic heterocycles. The normalized spacial score (nSPS) is 14.2. The van der Waals surface area contributed by atoms with Crippen LogP contribution in [-0.4, -0.2) is 39.4 Å². The van der Waals surface area contributed by atoms with Crippen LogP contribution in [0.1, 0.15) is 22.5 Å². The van der Waals surface area contributed by atoms with Gasteiger partial charge in [-0.05, 0) is 23.8 Å². The van der Waals surface area contributed by atoms with Crippen LogP contribution >= 0.6 is 0 Å². The molecule has 0 unspecified atom stereocenters. The van der Waals surface area contributed by atoms with Crippen molar-refractivity contribution in [2.75, 3.05) is 13.1 Å². The minimum absolute atomic E-state index is 0.149. The number of aromatic nitrogens is 2. The molecule has 0 saturated heterocycles. The highest BCUT2D eigenvalue weighted by molar-refractivity contribution is 5.94. The van der Waals surface area contributed by atoms with Gasteiger partial charge in [-0.3, -0.25) is 9.59 Å². The summed E-state index contributed by atoms with van der Waals surface area (Å²) in [6.45, 7) is 0.839. The minimum Gasteiger partial charge on any atom is -0.343 e. The lowest BCUT2D eigenvalue weighted by molar-refractivity contribution is -0.137. The number of amides is 2. The smallest absolute Gasteiger partial charge is 0.343 e. The Kier molecular flexibility index (Phi) is 5.53. The summed E-state index contributed by atoms with van der Waals surface area (Å²) < 4.78 is 39.5. The summed E-state index contributed by atoms with van der Waals surface area (Å²) in [5.74, 6) is -0.699. The Bertz CT molecular complexity index is 901. The van der Waals surface area contributed by atoms with Gasteiger partial charge in [0.1, 0.15) is 0 Å². The molecule has 1 aromatic carbocycles. The first-order chi connectivity index (χ1) is 13.2. The standard InChI is InChI=1S/C19H19F3N4O2/c1-25-12-24-15-8-9-26(11-16(15)25)18(28)10-23-17(27)7-4-13-2-5-14(6-3-13)19(20,21)22/h2-7,12H,8-11H2,1H3,(H,23,27)/b7-4+. The lowest BCUT2D eigenvalue weighted by Gasteiger charge is -2.27. The molecule has 0 fully saturated rings. The first kappa shape index (κ1) is 19.7. The number of halogens is 3. The molecule has 1 N–H and O–H groups in total. The number of rotatable bonds is 4. The molecule has 2 amide bonds. The molecule has 1 aliphatic heterocycles. The van der Waals surface area contributed by atoms with Gasteiger partial charge in [0.05, 0.1) is 36.4 Å². The molecule has 28 heavy (non-hydrogen) atoms. The van der Waals surface area contributed by atoms with Crippen LogP contribution in [-0.2, 0) is 35.8 Å². The maximum atomic E-state index is 12.5. The molecule has 6 nitrogen and oxygen atoms in total. The lowest BCUT2D eigenvalue weighted by Crippen LogP contribution is -2.42. The van der Waals surface area contributed by atoms with Crippen LogP contribution in [0, 0.1) is 0 Å². The van der Waals surface area contributed by atoms with Crippen LogP contribution < -0.4 is 5.32 Å². The van der Waals surface area contributed by atoms with Gasteiger partial charge < -0.3 is 14.8 Å². The second-order valence-electron chi connectivity index (χ2n) is 6.49. The van der Waals surface area contributed by atoms with E-state index in [0.29, 0.717) is 25.1 Å². The molecular formula is C19H19F3N4O2. The minimum atomic E-state index is -4.40. The first-order valence-corrected chi connectivity index (χ1v) is 8.64. The van der Waals surface area contributed by atoms with Gasteiger partial charge in [0.25, 0.3) is 0 Å². The summed E-state index contributed by atoms with van der Waals surface area (Å²) in [6, 6.07) is 4.45. The highest BCUT2D eigenvalue weighted by Crippen LogP contribution is 2.29. The highest BCUT2D eigenvalue weighted by Gasteiger charge is 2.29. The molecule has 0 atom stereocenters. The van der Waals surface area contributed by atoms with E-state index in [1.54, 1.807) is 11.2 Å². The maximum Gasteiger partial charge on any atom is 0.416 e. The predicted molar refractivity (Wildman–Crippen MR) is 95.8 cm³/mol. The van der Waals surface area contributed by atoms with E-state index < -0.39 is 17.6 Å². The monoisotopic (exact) mass is 392 g/mol. The van der Waals surface area contributed by atoms with Gasteiger partial charge in [-0.1, -0.05) is 12.1 Å². The summed E-state index contributed by atoms with van der Waals surface area (Å²) in [6.07, 6.45) is 0.564. The topological polar surface area (TPSA) is 67.2 Å². The van der Waals surface area contributed by atoms with Crippen LogP contribution in [0.3, 0.4) is 0 Å². The van der Waals surface area contributed by atoms with Gasteiger partial charge in [-0.25, -0.2) is 4.98 Å². The third-order valence-electron chi connectivity index (χ3n) is 4.54. The SMILES string of the molecule is Cn1cnc2c1CN(C(=O)CNC(=O)/C=C/c1ccc(C(F)(F)F)cc1)CC2. The number of hydrogen-bond donors (Lipinski definition) is 1. The number of alkyl halides is 3. The van der Waals surface area contributed by atoms with E-state index in [2.05, 4.69) is 10.3 Å². The summed E-state index contributed by atoms with van der Waals surface area (Å²) >= 11 is 0. The van der Waals surface area contributed by atoms with Gasteiger partial charge in [-0.2, -0.15) is 13.2 Å². The summed E-state index contributed by atoms with van der Waals surface area (Å²) in [5.41, 5.74) is 1.66. The summed E-state index contributed by atoms with van der Waals surface area (Å²) in [7, 11) is 1.87. The van der Waals surface area contributed by atoms with Crippen LogP contribution in [0.5, 0.6) is 0 Å². The Morgan fingerprint density at radius 1 is 1.25 bits per heavy atom. The molecule has 1 aliphatic rings. The average molecular weight is 392 g/mol. The molecule has 0 radical (unpaired) electrons. The molecule has 9 heteroatoms. The highest BCUT2D eigenvalue weighted by atomic mass is 19.4.